The fourth-order valence-electron chi connectivity index (χ4n) is 1.14. The minimum Gasteiger partial charge on any atom is -0.508 e. The molecule has 0 spiro atoms. The number of aromatic hydroxyl groups is 1. The van der Waals surface area contributed by atoms with E-state index in [-0.39, 0.29) is 5.75 Å². The van der Waals surface area contributed by atoms with Crippen LogP contribution < -0.4 is 4.89 Å². The molecule has 1 fully saturated rings. The molecule has 0 radical (unpaired) electrons. The van der Waals surface area contributed by atoms with Gasteiger partial charge < -0.3 is 10.0 Å². The zero-order valence-electron chi connectivity index (χ0n) is 8.05. The number of carbonyl (C=O) groups excluding carboxylic acids is 1. The Kier molecular flexibility index (Phi) is 2.62. The lowest BCUT2D eigenvalue weighted by Crippen LogP contribution is -2.42. The quantitative estimate of drug-likeness (QED) is 0.592. The SMILES string of the molecule is O=C(OOc1ccc(O)cc1)N1CCC1. The number of rotatable bonds is 2. The first-order valence-corrected chi connectivity index (χ1v) is 4.68. The van der Waals surface area contributed by atoms with Crippen molar-refractivity contribution in [1.82, 2.24) is 4.90 Å². The maximum atomic E-state index is 11.2. The predicted molar refractivity (Wildman–Crippen MR) is 51.4 cm³/mol. The highest BCUT2D eigenvalue weighted by Gasteiger charge is 2.22. The van der Waals surface area contributed by atoms with E-state index in [1.165, 1.54) is 24.3 Å². The first-order chi connectivity index (χ1) is 7.25. The van der Waals surface area contributed by atoms with Crippen molar-refractivity contribution < 1.29 is 19.7 Å². The van der Waals surface area contributed by atoms with Crippen LogP contribution in [-0.4, -0.2) is 29.2 Å². The molecule has 0 aromatic heterocycles. The molecule has 15 heavy (non-hydrogen) atoms. The van der Waals surface area contributed by atoms with E-state index in [4.69, 9.17) is 9.99 Å². The van der Waals surface area contributed by atoms with Crippen LogP contribution in [0.1, 0.15) is 6.42 Å². The third kappa shape index (κ3) is 2.31. The molecule has 80 valence electrons. The standard InChI is InChI=1S/C10H11NO4/c12-8-2-4-9(5-3-8)14-15-10(13)11-6-1-7-11/h2-5,12H,1,6-7H2. The summed E-state index contributed by atoms with van der Waals surface area (Å²) in [5.74, 6) is 0.512. The fraction of sp³-hybridized carbons (Fsp3) is 0.300. The van der Waals surface area contributed by atoms with Gasteiger partial charge >= 0.3 is 6.09 Å². The van der Waals surface area contributed by atoms with E-state index in [1.54, 1.807) is 4.90 Å². The summed E-state index contributed by atoms with van der Waals surface area (Å²) in [5, 5.41) is 9.00. The average Bonchev–Trinajstić information content (AvgIpc) is 2.14. The Morgan fingerprint density at radius 1 is 1.27 bits per heavy atom. The van der Waals surface area contributed by atoms with Gasteiger partial charge in [0.1, 0.15) is 5.75 Å². The van der Waals surface area contributed by atoms with Crippen molar-refractivity contribution in [1.29, 1.82) is 0 Å². The monoisotopic (exact) mass is 209 g/mol. The molecule has 1 heterocycles. The van der Waals surface area contributed by atoms with Gasteiger partial charge in [0, 0.05) is 13.1 Å². The van der Waals surface area contributed by atoms with Gasteiger partial charge in [-0.25, -0.2) is 9.68 Å². The van der Waals surface area contributed by atoms with Crippen molar-refractivity contribution in [3.8, 4) is 11.5 Å². The van der Waals surface area contributed by atoms with Crippen LogP contribution in [-0.2, 0) is 4.89 Å². The van der Waals surface area contributed by atoms with Crippen molar-refractivity contribution in [3.63, 3.8) is 0 Å². The Bertz CT molecular complexity index is 345. The molecule has 1 aromatic rings. The Balaban J connectivity index is 1.82. The molecule has 0 bridgehead atoms. The van der Waals surface area contributed by atoms with E-state index >= 15 is 0 Å². The van der Waals surface area contributed by atoms with Crippen molar-refractivity contribution >= 4 is 6.09 Å². The first-order valence-electron chi connectivity index (χ1n) is 4.68. The van der Waals surface area contributed by atoms with E-state index < -0.39 is 6.09 Å². The first kappa shape index (κ1) is 9.64. The predicted octanol–water partition coefficient (Wildman–Crippen LogP) is 1.53. The summed E-state index contributed by atoms with van der Waals surface area (Å²) in [6.07, 6.45) is 0.531. The van der Waals surface area contributed by atoms with Gasteiger partial charge in [-0.2, -0.15) is 0 Å². The second-order valence-corrected chi connectivity index (χ2v) is 3.27. The lowest BCUT2D eigenvalue weighted by Gasteiger charge is -2.28. The molecule has 5 heteroatoms. The smallest absolute Gasteiger partial charge is 0.452 e. The van der Waals surface area contributed by atoms with E-state index in [9.17, 15) is 4.79 Å². The summed E-state index contributed by atoms with van der Waals surface area (Å²) in [5.41, 5.74) is 0. The molecule has 2 rings (SSSR count). The van der Waals surface area contributed by atoms with Crippen molar-refractivity contribution in [2.24, 2.45) is 0 Å². The van der Waals surface area contributed by atoms with Crippen LogP contribution in [0.4, 0.5) is 4.79 Å². The number of carbonyl (C=O) groups is 1. The highest BCUT2D eigenvalue weighted by atomic mass is 17.2. The van der Waals surface area contributed by atoms with E-state index in [1.807, 2.05) is 0 Å². The molecule has 0 unspecified atom stereocenters. The average molecular weight is 209 g/mol. The largest absolute Gasteiger partial charge is 0.508 e. The summed E-state index contributed by atoms with van der Waals surface area (Å²) in [6, 6.07) is 5.93. The van der Waals surface area contributed by atoms with E-state index in [0.29, 0.717) is 5.75 Å². The number of amides is 1. The minimum atomic E-state index is -0.477. The molecule has 0 saturated carbocycles. The summed E-state index contributed by atoms with van der Waals surface area (Å²) < 4.78 is 0. The highest BCUT2D eigenvalue weighted by Crippen LogP contribution is 2.17. The van der Waals surface area contributed by atoms with Crippen LogP contribution in [0.3, 0.4) is 0 Å². The molecular formula is C10H11NO4. The summed E-state index contributed by atoms with van der Waals surface area (Å²) in [7, 11) is 0. The maximum Gasteiger partial charge on any atom is 0.452 e. The normalized spacial score (nSPS) is 14.3. The Hall–Kier alpha value is -1.91. The lowest BCUT2D eigenvalue weighted by atomic mass is 10.2. The fourth-order valence-corrected chi connectivity index (χ4v) is 1.14. The van der Waals surface area contributed by atoms with Gasteiger partial charge in [-0.1, -0.05) is 0 Å². The molecular weight excluding hydrogens is 198 g/mol. The topological polar surface area (TPSA) is 59.0 Å². The van der Waals surface area contributed by atoms with Gasteiger partial charge in [-0.3, -0.25) is 4.89 Å². The van der Waals surface area contributed by atoms with Gasteiger partial charge in [-0.05, 0) is 30.7 Å². The van der Waals surface area contributed by atoms with E-state index in [0.717, 1.165) is 19.5 Å². The van der Waals surface area contributed by atoms with Crippen LogP contribution in [0.2, 0.25) is 0 Å². The van der Waals surface area contributed by atoms with Crippen LogP contribution in [0.15, 0.2) is 24.3 Å². The number of hydrogen-bond donors (Lipinski definition) is 1. The molecule has 1 saturated heterocycles. The van der Waals surface area contributed by atoms with Gasteiger partial charge in [-0.15, -0.1) is 0 Å². The highest BCUT2D eigenvalue weighted by molar-refractivity contribution is 5.67. The molecule has 5 nitrogen and oxygen atoms in total. The zero-order chi connectivity index (χ0) is 10.7. The Labute approximate surface area is 86.8 Å². The van der Waals surface area contributed by atoms with Crippen molar-refractivity contribution in [2.45, 2.75) is 6.42 Å². The number of nitrogens with zero attached hydrogens (tertiary/aromatic N) is 1. The van der Waals surface area contributed by atoms with Crippen LogP contribution in [0, 0.1) is 0 Å². The van der Waals surface area contributed by atoms with Crippen LogP contribution in [0.25, 0.3) is 0 Å². The third-order valence-corrected chi connectivity index (χ3v) is 2.16. The zero-order valence-corrected chi connectivity index (χ0v) is 8.05. The number of benzene rings is 1. The maximum absolute atomic E-state index is 11.2. The van der Waals surface area contributed by atoms with Crippen molar-refractivity contribution in [2.75, 3.05) is 13.1 Å². The molecule has 0 aliphatic carbocycles. The second-order valence-electron chi connectivity index (χ2n) is 3.27. The van der Waals surface area contributed by atoms with Gasteiger partial charge in [0.05, 0.1) is 0 Å². The summed E-state index contributed by atoms with van der Waals surface area (Å²) in [4.78, 5) is 22.1. The number of hydrogen-bond acceptors (Lipinski definition) is 4. The van der Waals surface area contributed by atoms with Crippen molar-refractivity contribution in [3.05, 3.63) is 24.3 Å². The Morgan fingerprint density at radius 2 is 1.93 bits per heavy atom. The van der Waals surface area contributed by atoms with Gasteiger partial charge in [0.25, 0.3) is 0 Å². The molecule has 0 atom stereocenters. The van der Waals surface area contributed by atoms with E-state index in [2.05, 4.69) is 4.89 Å². The summed E-state index contributed by atoms with van der Waals surface area (Å²) >= 11 is 0. The molecule has 1 aliphatic heterocycles. The Morgan fingerprint density at radius 3 is 2.47 bits per heavy atom. The van der Waals surface area contributed by atoms with Gasteiger partial charge in [0.15, 0.2) is 5.75 Å². The molecule has 1 aromatic carbocycles. The third-order valence-electron chi connectivity index (χ3n) is 2.16. The van der Waals surface area contributed by atoms with Crippen LogP contribution >= 0.6 is 0 Å². The molecule has 1 N–H and O–H groups in total. The number of likely N-dealkylation sites (tertiary alicyclic amines) is 1. The van der Waals surface area contributed by atoms with Crippen LogP contribution in [0.5, 0.6) is 11.5 Å². The summed E-state index contributed by atoms with van der Waals surface area (Å²) in [6.45, 7) is 1.44. The second kappa shape index (κ2) is 4.08. The molecule has 1 aliphatic rings. The minimum absolute atomic E-state index is 0.136. The number of phenolic OH excluding ortho intramolecular Hbond substituents is 1. The number of phenols is 1. The molecule has 1 amide bonds. The lowest BCUT2D eigenvalue weighted by molar-refractivity contribution is -0.157. The van der Waals surface area contributed by atoms with Gasteiger partial charge in [0.2, 0.25) is 0 Å².